The first-order chi connectivity index (χ1) is 10.1. The number of benzene rings is 1. The van der Waals surface area contributed by atoms with Crippen molar-refractivity contribution in [3.8, 4) is 0 Å². The number of aromatic nitrogens is 1. The van der Waals surface area contributed by atoms with E-state index < -0.39 is 0 Å². The smallest absolute Gasteiger partial charge is 0.234 e. The molecule has 5 nitrogen and oxygen atoms in total. The summed E-state index contributed by atoms with van der Waals surface area (Å²) in [4.78, 5) is 29.5. The van der Waals surface area contributed by atoms with Crippen LogP contribution in [0.25, 0.3) is 10.9 Å². The van der Waals surface area contributed by atoms with Gasteiger partial charge in [-0.1, -0.05) is 18.2 Å². The van der Waals surface area contributed by atoms with Crippen LogP contribution in [0.5, 0.6) is 0 Å². The van der Waals surface area contributed by atoms with Crippen molar-refractivity contribution in [1.82, 2.24) is 15.2 Å². The van der Waals surface area contributed by atoms with E-state index in [0.717, 1.165) is 22.2 Å². The molecule has 3 rings (SSSR count). The molecule has 5 heteroatoms. The number of hydrogen-bond donors (Lipinski definition) is 2. The van der Waals surface area contributed by atoms with Gasteiger partial charge in [-0.05, 0) is 19.9 Å². The summed E-state index contributed by atoms with van der Waals surface area (Å²) >= 11 is 0. The van der Waals surface area contributed by atoms with Gasteiger partial charge in [0.2, 0.25) is 5.91 Å². The van der Waals surface area contributed by atoms with Gasteiger partial charge in [-0.25, -0.2) is 0 Å². The Morgan fingerprint density at radius 3 is 2.86 bits per heavy atom. The molecule has 1 aliphatic heterocycles. The van der Waals surface area contributed by atoms with Gasteiger partial charge < -0.3 is 10.3 Å². The number of ketones is 1. The summed E-state index contributed by atoms with van der Waals surface area (Å²) in [7, 11) is 0. The van der Waals surface area contributed by atoms with Gasteiger partial charge in [-0.3, -0.25) is 14.5 Å². The second-order valence-corrected chi connectivity index (χ2v) is 5.53. The first kappa shape index (κ1) is 13.8. The third kappa shape index (κ3) is 2.45. The van der Waals surface area contributed by atoms with Gasteiger partial charge in [0.25, 0.3) is 0 Å². The number of hydrogen-bond acceptors (Lipinski definition) is 3. The average Bonchev–Trinajstić information content (AvgIpc) is 2.81. The van der Waals surface area contributed by atoms with E-state index in [9.17, 15) is 9.59 Å². The van der Waals surface area contributed by atoms with Crippen LogP contribution in [0.2, 0.25) is 0 Å². The molecule has 21 heavy (non-hydrogen) atoms. The van der Waals surface area contributed by atoms with Gasteiger partial charge in [-0.2, -0.15) is 0 Å². The second kappa shape index (κ2) is 5.33. The van der Waals surface area contributed by atoms with Crippen LogP contribution >= 0.6 is 0 Å². The fourth-order valence-electron chi connectivity index (χ4n) is 2.96. The lowest BCUT2D eigenvalue weighted by molar-refractivity contribution is -0.124. The molecule has 1 aromatic heterocycles. The van der Waals surface area contributed by atoms with Gasteiger partial charge in [0, 0.05) is 35.2 Å². The number of H-pyrrole nitrogens is 1. The standard InChI is InChI=1S/C16H19N3O2/c1-10-15(12-5-3-4-6-13(12)18-10)16(21)11(2)19-8-7-17-14(20)9-19/h3-6,11,18H,7-9H2,1-2H3,(H,17,20)/t11-/m0/s1. The Morgan fingerprint density at radius 2 is 2.10 bits per heavy atom. The van der Waals surface area contributed by atoms with Crippen molar-refractivity contribution >= 4 is 22.6 Å². The van der Waals surface area contributed by atoms with Gasteiger partial charge in [0.1, 0.15) is 0 Å². The Bertz CT molecular complexity index is 705. The first-order valence-electron chi connectivity index (χ1n) is 7.20. The summed E-state index contributed by atoms with van der Waals surface area (Å²) in [6, 6.07) is 7.52. The SMILES string of the molecule is Cc1[nH]c2ccccc2c1C(=O)[C@H](C)N1CCNC(=O)C1. The summed E-state index contributed by atoms with van der Waals surface area (Å²) in [6.45, 7) is 5.39. The molecule has 0 saturated carbocycles. The lowest BCUT2D eigenvalue weighted by Crippen LogP contribution is -2.52. The summed E-state index contributed by atoms with van der Waals surface area (Å²) in [5, 5.41) is 3.74. The zero-order chi connectivity index (χ0) is 15.0. The quantitative estimate of drug-likeness (QED) is 0.840. The second-order valence-electron chi connectivity index (χ2n) is 5.53. The highest BCUT2D eigenvalue weighted by atomic mass is 16.2. The Balaban J connectivity index is 1.93. The largest absolute Gasteiger partial charge is 0.358 e. The number of carbonyl (C=O) groups is 2. The van der Waals surface area contributed by atoms with E-state index in [-0.39, 0.29) is 24.3 Å². The maximum atomic E-state index is 12.9. The summed E-state index contributed by atoms with van der Waals surface area (Å²) in [6.07, 6.45) is 0. The van der Waals surface area contributed by atoms with Crippen LogP contribution in [-0.2, 0) is 4.79 Å². The molecule has 0 spiro atoms. The van der Waals surface area contributed by atoms with Crippen molar-refractivity contribution in [3.63, 3.8) is 0 Å². The van der Waals surface area contributed by atoms with Crippen LogP contribution in [0.15, 0.2) is 24.3 Å². The molecule has 0 bridgehead atoms. The molecule has 1 atom stereocenters. The van der Waals surface area contributed by atoms with E-state index in [0.29, 0.717) is 13.1 Å². The minimum Gasteiger partial charge on any atom is -0.358 e. The number of nitrogens with one attached hydrogen (secondary N) is 2. The minimum absolute atomic E-state index is 0.0171. The molecule has 0 unspecified atom stereocenters. The highest BCUT2D eigenvalue weighted by Gasteiger charge is 2.29. The predicted molar refractivity (Wildman–Crippen MR) is 81.4 cm³/mol. The van der Waals surface area contributed by atoms with E-state index in [1.54, 1.807) is 0 Å². The summed E-state index contributed by atoms with van der Waals surface area (Å²) in [5.74, 6) is 0.0520. The van der Waals surface area contributed by atoms with Gasteiger partial charge in [0.05, 0.1) is 12.6 Å². The molecule has 1 amide bonds. The number of fused-ring (bicyclic) bond motifs is 1. The van der Waals surface area contributed by atoms with Crippen molar-refractivity contribution < 1.29 is 9.59 Å². The fourth-order valence-corrected chi connectivity index (χ4v) is 2.96. The number of aromatic amines is 1. The number of nitrogens with zero attached hydrogens (tertiary/aromatic N) is 1. The molecule has 2 aromatic rings. The molecule has 1 fully saturated rings. The zero-order valence-corrected chi connectivity index (χ0v) is 12.3. The Morgan fingerprint density at radius 1 is 1.33 bits per heavy atom. The number of carbonyl (C=O) groups excluding carboxylic acids is 2. The van der Waals surface area contributed by atoms with E-state index in [2.05, 4.69) is 10.3 Å². The number of Topliss-reactive ketones (excluding diaryl/α,β-unsaturated/α-hetero) is 1. The van der Waals surface area contributed by atoms with E-state index in [1.165, 1.54) is 0 Å². The Kier molecular flexibility index (Phi) is 3.51. The van der Waals surface area contributed by atoms with Crippen LogP contribution in [0.1, 0.15) is 23.0 Å². The van der Waals surface area contributed by atoms with Crippen molar-refractivity contribution in [2.75, 3.05) is 19.6 Å². The van der Waals surface area contributed by atoms with Gasteiger partial charge in [-0.15, -0.1) is 0 Å². The molecular weight excluding hydrogens is 266 g/mol. The maximum absolute atomic E-state index is 12.9. The molecule has 1 aliphatic rings. The molecule has 2 heterocycles. The van der Waals surface area contributed by atoms with E-state index in [1.807, 2.05) is 43.0 Å². The number of rotatable bonds is 3. The number of piperazine rings is 1. The molecule has 0 radical (unpaired) electrons. The number of amides is 1. The number of para-hydroxylation sites is 1. The average molecular weight is 285 g/mol. The van der Waals surface area contributed by atoms with Crippen molar-refractivity contribution in [2.24, 2.45) is 0 Å². The number of aryl methyl sites for hydroxylation is 1. The molecular formula is C16H19N3O2. The minimum atomic E-state index is -0.297. The van der Waals surface area contributed by atoms with Crippen molar-refractivity contribution in [3.05, 3.63) is 35.5 Å². The molecule has 1 saturated heterocycles. The third-order valence-corrected chi connectivity index (χ3v) is 4.14. The van der Waals surface area contributed by atoms with E-state index in [4.69, 9.17) is 0 Å². The van der Waals surface area contributed by atoms with E-state index >= 15 is 0 Å². The topological polar surface area (TPSA) is 65.2 Å². The Labute approximate surface area is 123 Å². The van der Waals surface area contributed by atoms with Gasteiger partial charge >= 0.3 is 0 Å². The van der Waals surface area contributed by atoms with Gasteiger partial charge in [0.15, 0.2) is 5.78 Å². The van der Waals surface area contributed by atoms with Crippen LogP contribution in [-0.4, -0.2) is 47.3 Å². The molecule has 1 aromatic carbocycles. The lowest BCUT2D eigenvalue weighted by Gasteiger charge is -2.31. The monoisotopic (exact) mass is 285 g/mol. The third-order valence-electron chi connectivity index (χ3n) is 4.14. The van der Waals surface area contributed by atoms with Crippen LogP contribution in [0.3, 0.4) is 0 Å². The normalized spacial score (nSPS) is 17.7. The summed E-state index contributed by atoms with van der Waals surface area (Å²) < 4.78 is 0. The Hall–Kier alpha value is -2.14. The van der Waals surface area contributed by atoms with Crippen molar-refractivity contribution in [1.29, 1.82) is 0 Å². The van der Waals surface area contributed by atoms with Crippen LogP contribution < -0.4 is 5.32 Å². The van der Waals surface area contributed by atoms with Crippen LogP contribution in [0, 0.1) is 6.92 Å². The predicted octanol–water partition coefficient (Wildman–Crippen LogP) is 1.48. The fraction of sp³-hybridized carbons (Fsp3) is 0.375. The lowest BCUT2D eigenvalue weighted by atomic mass is 10.0. The highest BCUT2D eigenvalue weighted by Crippen LogP contribution is 2.24. The molecule has 0 aliphatic carbocycles. The molecule has 2 N–H and O–H groups in total. The van der Waals surface area contributed by atoms with Crippen molar-refractivity contribution in [2.45, 2.75) is 19.9 Å². The first-order valence-corrected chi connectivity index (χ1v) is 7.20. The summed E-state index contributed by atoms with van der Waals surface area (Å²) in [5.41, 5.74) is 2.60. The highest BCUT2D eigenvalue weighted by molar-refractivity contribution is 6.11. The van der Waals surface area contributed by atoms with Crippen LogP contribution in [0.4, 0.5) is 0 Å². The zero-order valence-electron chi connectivity index (χ0n) is 12.3. The molecule has 110 valence electrons. The maximum Gasteiger partial charge on any atom is 0.234 e.